The number of benzene rings is 2. The van der Waals surface area contributed by atoms with E-state index < -0.39 is 11.9 Å². The number of pyridine rings is 2. The highest BCUT2D eigenvalue weighted by Crippen LogP contribution is 2.37. The van der Waals surface area contributed by atoms with E-state index in [4.69, 9.17) is 5.73 Å². The number of nitrogens with zero attached hydrogens (tertiary/aromatic N) is 7. The number of hydrogen-bond acceptors (Lipinski definition) is 10. The second-order valence-electron chi connectivity index (χ2n) is 17.8. The summed E-state index contributed by atoms with van der Waals surface area (Å²) in [6.45, 7) is 9.75. The van der Waals surface area contributed by atoms with Gasteiger partial charge in [0.05, 0.1) is 5.69 Å². The van der Waals surface area contributed by atoms with Gasteiger partial charge < -0.3 is 25.4 Å². The Morgan fingerprint density at radius 2 is 1.62 bits per heavy atom. The van der Waals surface area contributed by atoms with Crippen molar-refractivity contribution in [3.05, 3.63) is 102 Å². The van der Waals surface area contributed by atoms with Gasteiger partial charge in [0.2, 0.25) is 11.8 Å². The molecule has 4 fully saturated rings. The number of piperazine rings is 1. The van der Waals surface area contributed by atoms with Crippen molar-refractivity contribution in [2.45, 2.75) is 63.5 Å². The molecule has 0 aliphatic carbocycles. The topological polar surface area (TPSA) is 145 Å². The summed E-state index contributed by atoms with van der Waals surface area (Å²) in [4.78, 5) is 54.9. The fourth-order valence-corrected chi connectivity index (χ4v) is 10.1. The quantitative estimate of drug-likeness (QED) is 0.136. The van der Waals surface area contributed by atoms with Crippen LogP contribution in [-0.2, 0) is 16.6 Å². The molecule has 1 unspecified atom stereocenters. The van der Waals surface area contributed by atoms with Gasteiger partial charge in [0, 0.05) is 106 Å². The Morgan fingerprint density at radius 3 is 2.32 bits per heavy atom. The molecule has 3 amide bonds. The number of amides is 3. The lowest BCUT2D eigenvalue weighted by atomic mass is 9.88. The molecule has 4 N–H and O–H groups in total. The van der Waals surface area contributed by atoms with Crippen LogP contribution < -0.4 is 21.3 Å². The first-order valence-corrected chi connectivity index (χ1v) is 22.3. The highest BCUT2D eigenvalue weighted by Gasteiger charge is 2.31. The number of nitrogens with two attached hydrogens (primary N) is 1. The number of anilines is 3. The maximum atomic E-state index is 15.2. The molecule has 15 heteroatoms. The number of piperidine rings is 3. The van der Waals surface area contributed by atoms with Crippen molar-refractivity contribution in [1.29, 1.82) is 0 Å². The third-order valence-corrected chi connectivity index (χ3v) is 13.9. The molecule has 13 nitrogen and oxygen atoms in total. The van der Waals surface area contributed by atoms with Crippen molar-refractivity contribution < 1.29 is 23.2 Å². The number of aryl methyl sites for hydroxylation is 1. The lowest BCUT2D eigenvalue weighted by Crippen LogP contribution is -2.49. The van der Waals surface area contributed by atoms with Gasteiger partial charge in [-0.3, -0.25) is 29.5 Å². The van der Waals surface area contributed by atoms with Gasteiger partial charge >= 0.3 is 0 Å². The third-order valence-electron chi connectivity index (χ3n) is 13.9. The molecule has 63 heavy (non-hydrogen) atoms. The fourth-order valence-electron chi connectivity index (χ4n) is 10.1. The van der Waals surface area contributed by atoms with Gasteiger partial charge in [0.1, 0.15) is 17.5 Å². The van der Waals surface area contributed by atoms with Crippen molar-refractivity contribution in [1.82, 2.24) is 34.6 Å². The normalized spacial score (nSPS) is 20.3. The van der Waals surface area contributed by atoms with E-state index in [1.54, 1.807) is 24.5 Å². The SMILES string of the molecule is C[C@@H](c1cc2c(-c3cnc(N)c(F)c3)ccnc2n1C)N1CCC(c2ccc(C(=O)N3CCC(CN4CCN(c5ccc(NC6CCC(=O)NC6=O)cc5F)CC4)CC3)cc2)CC1. The molecule has 7 heterocycles. The fraction of sp³-hybridized carbons (Fsp3) is 0.438. The van der Waals surface area contributed by atoms with Crippen LogP contribution in [0.1, 0.15) is 79.0 Å². The van der Waals surface area contributed by atoms with Crippen LogP contribution in [0.5, 0.6) is 0 Å². The van der Waals surface area contributed by atoms with Crippen molar-refractivity contribution in [2.75, 3.05) is 74.9 Å². The maximum Gasteiger partial charge on any atom is 0.253 e. The molecular weight excluding hydrogens is 803 g/mol. The highest BCUT2D eigenvalue weighted by molar-refractivity contribution is 6.01. The van der Waals surface area contributed by atoms with E-state index in [0.29, 0.717) is 35.2 Å². The zero-order valence-corrected chi connectivity index (χ0v) is 36.0. The summed E-state index contributed by atoms with van der Waals surface area (Å²) in [5.41, 5.74) is 12.3. The molecule has 0 spiro atoms. The molecule has 0 saturated carbocycles. The minimum atomic E-state index is -0.556. The summed E-state index contributed by atoms with van der Waals surface area (Å²) in [5.74, 6) is -0.598. The largest absolute Gasteiger partial charge is 0.381 e. The van der Waals surface area contributed by atoms with Gasteiger partial charge in [-0.15, -0.1) is 0 Å². The minimum absolute atomic E-state index is 0.100. The summed E-state index contributed by atoms with van der Waals surface area (Å²) < 4.78 is 31.7. The molecule has 3 aromatic heterocycles. The Bertz CT molecular complexity index is 2490. The summed E-state index contributed by atoms with van der Waals surface area (Å²) in [5, 5.41) is 6.34. The predicted molar refractivity (Wildman–Crippen MR) is 240 cm³/mol. The van der Waals surface area contributed by atoms with E-state index in [2.05, 4.69) is 65.0 Å². The summed E-state index contributed by atoms with van der Waals surface area (Å²) in [6, 6.07) is 18.4. The molecule has 4 saturated heterocycles. The van der Waals surface area contributed by atoms with E-state index >= 15 is 4.39 Å². The first kappa shape index (κ1) is 42.4. The highest BCUT2D eigenvalue weighted by atomic mass is 19.1. The monoisotopic (exact) mass is 858 g/mol. The van der Waals surface area contributed by atoms with E-state index in [9.17, 15) is 18.8 Å². The number of halogens is 2. The number of fused-ring (bicyclic) bond motifs is 1. The standard InChI is InChI=1S/C48H56F2N10O3/c1-30(43-27-38-37(11-16-52-46(38)56(43)2)35-25-40(50)45(51)53-28-35)58-19-14-33(15-20-58)32-3-5-34(6-4-32)48(63)60-17-12-31(13-18-60)29-57-21-23-59(24-22-57)42-9-7-36(26-39(42)49)54-41-8-10-44(61)55-47(41)62/h3-7,9,11,16,25-28,30-31,33,41,54H,8,10,12-15,17-24,29H2,1-2H3,(H2,51,53)(H,55,61,62)/t30-,41?/m0/s1. The van der Waals surface area contributed by atoms with E-state index in [1.807, 2.05) is 30.1 Å². The van der Waals surface area contributed by atoms with Crippen LogP contribution in [0, 0.1) is 17.6 Å². The molecule has 4 aliphatic rings. The Balaban J connectivity index is 0.719. The molecule has 2 aromatic carbocycles. The molecule has 0 radical (unpaired) electrons. The molecule has 330 valence electrons. The number of nitrogen functional groups attached to an aromatic ring is 1. The van der Waals surface area contributed by atoms with Crippen molar-refractivity contribution in [3.8, 4) is 11.1 Å². The van der Waals surface area contributed by atoms with Crippen molar-refractivity contribution in [3.63, 3.8) is 0 Å². The molecule has 9 rings (SSSR count). The Morgan fingerprint density at radius 1 is 0.873 bits per heavy atom. The van der Waals surface area contributed by atoms with Crippen LogP contribution in [0.3, 0.4) is 0 Å². The van der Waals surface area contributed by atoms with E-state index in [0.717, 1.165) is 112 Å². The second kappa shape index (κ2) is 18.0. The number of hydrogen-bond donors (Lipinski definition) is 3. The average Bonchev–Trinajstić information content (AvgIpc) is 3.64. The zero-order valence-electron chi connectivity index (χ0n) is 36.0. The number of rotatable bonds is 10. The van der Waals surface area contributed by atoms with Crippen LogP contribution in [-0.4, -0.2) is 112 Å². The summed E-state index contributed by atoms with van der Waals surface area (Å²) >= 11 is 0. The zero-order chi connectivity index (χ0) is 43.8. The van der Waals surface area contributed by atoms with Gasteiger partial charge in [-0.1, -0.05) is 12.1 Å². The summed E-state index contributed by atoms with van der Waals surface area (Å²) in [6.07, 6.45) is 7.99. The Labute approximate surface area is 366 Å². The maximum absolute atomic E-state index is 15.2. The average molecular weight is 859 g/mol. The van der Waals surface area contributed by atoms with Gasteiger partial charge in [-0.05, 0) is 124 Å². The number of imide groups is 1. The van der Waals surface area contributed by atoms with Crippen LogP contribution in [0.2, 0.25) is 0 Å². The number of nitrogens with one attached hydrogen (secondary N) is 2. The molecular formula is C48H56F2N10O3. The Hall–Kier alpha value is -5.93. The van der Waals surface area contributed by atoms with Crippen LogP contribution >= 0.6 is 0 Å². The van der Waals surface area contributed by atoms with E-state index in [-0.39, 0.29) is 41.8 Å². The lowest BCUT2D eigenvalue weighted by molar-refractivity contribution is -0.133. The third kappa shape index (κ3) is 8.99. The second-order valence-corrected chi connectivity index (χ2v) is 17.8. The van der Waals surface area contributed by atoms with Crippen LogP contribution in [0.25, 0.3) is 22.2 Å². The smallest absolute Gasteiger partial charge is 0.253 e. The Kier molecular flexibility index (Phi) is 12.1. The van der Waals surface area contributed by atoms with Crippen molar-refractivity contribution in [2.24, 2.45) is 13.0 Å². The molecule has 4 aliphatic heterocycles. The van der Waals surface area contributed by atoms with Crippen LogP contribution in [0.15, 0.2) is 73.1 Å². The predicted octanol–water partition coefficient (Wildman–Crippen LogP) is 6.33. The number of carbonyl (C=O) groups excluding carboxylic acids is 3. The first-order valence-electron chi connectivity index (χ1n) is 22.3. The number of carbonyl (C=O) groups is 3. The lowest BCUT2D eigenvalue weighted by Gasteiger charge is -2.39. The summed E-state index contributed by atoms with van der Waals surface area (Å²) in [7, 11) is 2.04. The van der Waals surface area contributed by atoms with Gasteiger partial charge in [0.15, 0.2) is 11.6 Å². The molecule has 5 aromatic rings. The molecule has 2 atom stereocenters. The van der Waals surface area contributed by atoms with Crippen LogP contribution in [0.4, 0.5) is 26.0 Å². The number of likely N-dealkylation sites (tertiary alicyclic amines) is 2. The number of aromatic nitrogens is 3. The first-order chi connectivity index (χ1) is 30.5. The van der Waals surface area contributed by atoms with Gasteiger partial charge in [-0.2, -0.15) is 0 Å². The van der Waals surface area contributed by atoms with Gasteiger partial charge in [-0.25, -0.2) is 18.7 Å². The minimum Gasteiger partial charge on any atom is -0.381 e. The van der Waals surface area contributed by atoms with Gasteiger partial charge in [0.25, 0.3) is 5.91 Å². The molecule has 0 bridgehead atoms. The van der Waals surface area contributed by atoms with Crippen molar-refractivity contribution >= 4 is 45.9 Å². The van der Waals surface area contributed by atoms with E-state index in [1.165, 1.54) is 17.7 Å².